The van der Waals surface area contributed by atoms with E-state index in [1.807, 2.05) is 12.1 Å². The summed E-state index contributed by atoms with van der Waals surface area (Å²) in [5.74, 6) is 0.645. The van der Waals surface area contributed by atoms with Gasteiger partial charge < -0.3 is 9.47 Å². The van der Waals surface area contributed by atoms with Gasteiger partial charge in [-0.15, -0.1) is 0 Å². The number of hydrogen-bond acceptors (Lipinski definition) is 4. The minimum atomic E-state index is -0.321. The van der Waals surface area contributed by atoms with Gasteiger partial charge in [-0.25, -0.2) is 4.79 Å². The highest BCUT2D eigenvalue weighted by Gasteiger charge is 2.17. The molecule has 0 spiro atoms. The molecule has 2 aromatic rings. The van der Waals surface area contributed by atoms with Crippen molar-refractivity contribution in [3.8, 4) is 5.75 Å². The van der Waals surface area contributed by atoms with Gasteiger partial charge in [0.1, 0.15) is 12.4 Å². The van der Waals surface area contributed by atoms with Crippen LogP contribution in [0.15, 0.2) is 30.3 Å². The fraction of sp³-hybridized carbons (Fsp3) is 0.400. The highest BCUT2D eigenvalue weighted by molar-refractivity contribution is 5.89. The molecule has 0 fully saturated rings. The number of esters is 1. The van der Waals surface area contributed by atoms with Gasteiger partial charge in [0.2, 0.25) is 0 Å². The molecule has 0 bridgehead atoms. The summed E-state index contributed by atoms with van der Waals surface area (Å²) in [6.45, 7) is 2.61. The smallest absolute Gasteiger partial charge is 0.337 e. The molecule has 24 heavy (non-hydrogen) atoms. The summed E-state index contributed by atoms with van der Waals surface area (Å²) < 4.78 is 10.8. The molecule has 1 aromatic carbocycles. The van der Waals surface area contributed by atoms with Crippen molar-refractivity contribution in [3.63, 3.8) is 0 Å². The number of rotatable bonds is 5. The molecule has 0 saturated heterocycles. The van der Waals surface area contributed by atoms with Gasteiger partial charge in [0.05, 0.1) is 12.7 Å². The van der Waals surface area contributed by atoms with E-state index in [0.717, 1.165) is 36.3 Å². The van der Waals surface area contributed by atoms with Crippen LogP contribution in [0.3, 0.4) is 0 Å². The molecule has 0 aliphatic heterocycles. The van der Waals surface area contributed by atoms with E-state index in [9.17, 15) is 4.79 Å². The second-order valence-electron chi connectivity index (χ2n) is 6.07. The number of hydrogen-bond donors (Lipinski definition) is 0. The molecule has 4 nitrogen and oxygen atoms in total. The van der Waals surface area contributed by atoms with E-state index < -0.39 is 0 Å². The molecular formula is C20H23NO3. The Morgan fingerprint density at radius 1 is 1.17 bits per heavy atom. The van der Waals surface area contributed by atoms with Crippen molar-refractivity contribution < 1.29 is 14.3 Å². The number of aryl methyl sites for hydroxylation is 2. The minimum Gasteiger partial charge on any atom is -0.488 e. The van der Waals surface area contributed by atoms with Crippen LogP contribution in [0.1, 0.15) is 52.6 Å². The molecule has 0 atom stereocenters. The van der Waals surface area contributed by atoms with Crippen LogP contribution < -0.4 is 4.74 Å². The van der Waals surface area contributed by atoms with Crippen LogP contribution in [0.25, 0.3) is 0 Å². The number of fused-ring (bicyclic) bond motifs is 1. The highest BCUT2D eigenvalue weighted by atomic mass is 16.5. The second-order valence-corrected chi connectivity index (χ2v) is 6.07. The van der Waals surface area contributed by atoms with Crippen molar-refractivity contribution in [2.45, 2.75) is 45.6 Å². The third-order valence-corrected chi connectivity index (χ3v) is 4.44. The van der Waals surface area contributed by atoms with E-state index in [2.05, 4.69) is 13.0 Å². The van der Waals surface area contributed by atoms with E-state index in [1.165, 1.54) is 31.2 Å². The summed E-state index contributed by atoms with van der Waals surface area (Å²) in [6.07, 6.45) is 5.42. The normalized spacial score (nSPS) is 13.2. The van der Waals surface area contributed by atoms with Crippen LogP contribution in [-0.2, 0) is 30.6 Å². The largest absolute Gasteiger partial charge is 0.488 e. The van der Waals surface area contributed by atoms with Gasteiger partial charge in [-0.05, 0) is 49.8 Å². The molecular weight excluding hydrogens is 302 g/mol. The first kappa shape index (κ1) is 16.5. The lowest BCUT2D eigenvalue weighted by Crippen LogP contribution is -2.10. The van der Waals surface area contributed by atoms with Crippen LogP contribution >= 0.6 is 0 Å². The maximum atomic E-state index is 11.5. The van der Waals surface area contributed by atoms with Crippen molar-refractivity contribution >= 4 is 5.97 Å². The molecule has 0 N–H and O–H groups in total. The Morgan fingerprint density at radius 2 is 1.92 bits per heavy atom. The van der Waals surface area contributed by atoms with Crippen LogP contribution in [0.5, 0.6) is 5.75 Å². The third-order valence-electron chi connectivity index (χ3n) is 4.44. The number of carbonyl (C=O) groups excluding carboxylic acids is 1. The molecule has 126 valence electrons. The fourth-order valence-corrected chi connectivity index (χ4v) is 3.05. The maximum absolute atomic E-state index is 11.5. The molecule has 0 radical (unpaired) electrons. The van der Waals surface area contributed by atoms with Gasteiger partial charge >= 0.3 is 5.97 Å². The Morgan fingerprint density at radius 3 is 2.62 bits per heavy atom. The SMILES string of the molecule is CCc1cc(OCc2ccc(C(=O)OC)cc2)c2c(n1)CCCC2. The number of carbonyl (C=O) groups is 1. The zero-order valence-corrected chi connectivity index (χ0v) is 14.3. The molecule has 0 unspecified atom stereocenters. The molecule has 1 aliphatic rings. The van der Waals surface area contributed by atoms with Gasteiger partial charge in [0.25, 0.3) is 0 Å². The standard InChI is InChI=1S/C20H23NO3/c1-3-16-12-19(17-6-4-5-7-18(17)21-16)24-13-14-8-10-15(11-9-14)20(22)23-2/h8-12H,3-7,13H2,1-2H3. The predicted octanol–water partition coefficient (Wildman–Crippen LogP) is 3.89. The zero-order chi connectivity index (χ0) is 16.9. The first-order valence-corrected chi connectivity index (χ1v) is 8.53. The van der Waals surface area contributed by atoms with E-state index >= 15 is 0 Å². The first-order chi connectivity index (χ1) is 11.7. The highest BCUT2D eigenvalue weighted by Crippen LogP contribution is 2.30. The quantitative estimate of drug-likeness (QED) is 0.783. The molecule has 0 saturated carbocycles. The zero-order valence-electron chi connectivity index (χ0n) is 14.3. The van der Waals surface area contributed by atoms with Crippen molar-refractivity contribution in [2.75, 3.05) is 7.11 Å². The van der Waals surface area contributed by atoms with Crippen molar-refractivity contribution in [1.29, 1.82) is 0 Å². The first-order valence-electron chi connectivity index (χ1n) is 8.53. The summed E-state index contributed by atoms with van der Waals surface area (Å²) in [4.78, 5) is 16.2. The lowest BCUT2D eigenvalue weighted by atomic mass is 9.94. The fourth-order valence-electron chi connectivity index (χ4n) is 3.05. The lowest BCUT2D eigenvalue weighted by molar-refractivity contribution is 0.0600. The number of methoxy groups -OCH3 is 1. The molecule has 4 heteroatoms. The average molecular weight is 325 g/mol. The van der Waals surface area contributed by atoms with Gasteiger partial charge in [0, 0.05) is 23.0 Å². The van der Waals surface area contributed by atoms with Crippen LogP contribution in [0.4, 0.5) is 0 Å². The monoisotopic (exact) mass is 325 g/mol. The van der Waals surface area contributed by atoms with Crippen molar-refractivity contribution in [1.82, 2.24) is 4.98 Å². The van der Waals surface area contributed by atoms with E-state index in [0.29, 0.717) is 12.2 Å². The third kappa shape index (κ3) is 3.58. The van der Waals surface area contributed by atoms with Crippen LogP contribution in [0, 0.1) is 0 Å². The number of aromatic nitrogens is 1. The topological polar surface area (TPSA) is 48.4 Å². The molecule has 0 amide bonds. The molecule has 1 aromatic heterocycles. The minimum absolute atomic E-state index is 0.321. The Balaban J connectivity index is 1.75. The second kappa shape index (κ2) is 7.47. The van der Waals surface area contributed by atoms with E-state index in [4.69, 9.17) is 14.5 Å². The number of nitrogens with zero attached hydrogens (tertiary/aromatic N) is 1. The van der Waals surface area contributed by atoms with Gasteiger partial charge in [0.15, 0.2) is 0 Å². The summed E-state index contributed by atoms with van der Waals surface area (Å²) in [5, 5.41) is 0. The van der Waals surface area contributed by atoms with E-state index in [1.54, 1.807) is 12.1 Å². The predicted molar refractivity (Wildman–Crippen MR) is 92.4 cm³/mol. The van der Waals surface area contributed by atoms with Gasteiger partial charge in [-0.3, -0.25) is 4.98 Å². The number of pyridine rings is 1. The Bertz CT molecular complexity index is 722. The lowest BCUT2D eigenvalue weighted by Gasteiger charge is -2.20. The van der Waals surface area contributed by atoms with Gasteiger partial charge in [-0.1, -0.05) is 19.1 Å². The van der Waals surface area contributed by atoms with Crippen molar-refractivity contribution in [2.24, 2.45) is 0 Å². The maximum Gasteiger partial charge on any atom is 0.337 e. The number of benzene rings is 1. The Labute approximate surface area is 142 Å². The molecule has 1 aliphatic carbocycles. The van der Waals surface area contributed by atoms with Crippen LogP contribution in [-0.4, -0.2) is 18.1 Å². The van der Waals surface area contributed by atoms with Crippen molar-refractivity contribution in [3.05, 3.63) is 58.4 Å². The average Bonchev–Trinajstić information content (AvgIpc) is 2.65. The van der Waals surface area contributed by atoms with Gasteiger partial charge in [-0.2, -0.15) is 0 Å². The summed E-state index contributed by atoms with van der Waals surface area (Å²) in [5.41, 5.74) is 5.14. The summed E-state index contributed by atoms with van der Waals surface area (Å²) >= 11 is 0. The Hall–Kier alpha value is -2.36. The van der Waals surface area contributed by atoms with E-state index in [-0.39, 0.29) is 5.97 Å². The molecule has 3 rings (SSSR count). The summed E-state index contributed by atoms with van der Waals surface area (Å²) in [7, 11) is 1.39. The van der Waals surface area contributed by atoms with Crippen LogP contribution in [0.2, 0.25) is 0 Å². The number of ether oxygens (including phenoxy) is 2. The summed E-state index contributed by atoms with van der Waals surface area (Å²) in [6, 6.07) is 9.42. The molecule has 1 heterocycles. The Kier molecular flexibility index (Phi) is 5.14.